The van der Waals surface area contributed by atoms with Crippen molar-refractivity contribution in [3.8, 4) is 0 Å². The molecule has 4 nitrogen and oxygen atoms in total. The van der Waals surface area contributed by atoms with E-state index < -0.39 is 0 Å². The molecule has 2 saturated carbocycles. The lowest BCUT2D eigenvalue weighted by Gasteiger charge is -2.34. The Balaban J connectivity index is 1.70. The van der Waals surface area contributed by atoms with Crippen molar-refractivity contribution in [1.29, 1.82) is 0 Å². The van der Waals surface area contributed by atoms with Crippen molar-refractivity contribution < 1.29 is 9.59 Å². The Hall–Kier alpha value is -1.06. The van der Waals surface area contributed by atoms with E-state index in [0.29, 0.717) is 11.8 Å². The zero-order chi connectivity index (χ0) is 15.2. The van der Waals surface area contributed by atoms with Crippen LogP contribution in [0.1, 0.15) is 65.2 Å². The van der Waals surface area contributed by atoms with Gasteiger partial charge in [-0.25, -0.2) is 0 Å². The number of nitrogens with one attached hydrogen (secondary N) is 2. The monoisotopic (exact) mass is 294 g/mol. The van der Waals surface area contributed by atoms with Crippen LogP contribution in [0.15, 0.2) is 0 Å². The summed E-state index contributed by atoms with van der Waals surface area (Å²) >= 11 is 0. The Morgan fingerprint density at radius 3 is 2.38 bits per heavy atom. The van der Waals surface area contributed by atoms with Crippen molar-refractivity contribution in [1.82, 2.24) is 10.6 Å². The molecule has 0 aromatic rings. The molecule has 2 aliphatic carbocycles. The summed E-state index contributed by atoms with van der Waals surface area (Å²) in [7, 11) is 0. The second-order valence-corrected chi connectivity index (χ2v) is 6.99. The maximum atomic E-state index is 12.0. The molecular formula is C17H30N2O2. The van der Waals surface area contributed by atoms with Gasteiger partial charge in [-0.1, -0.05) is 46.0 Å². The average molecular weight is 294 g/mol. The highest BCUT2D eigenvalue weighted by atomic mass is 16.2. The molecule has 3 unspecified atom stereocenters. The summed E-state index contributed by atoms with van der Waals surface area (Å²) in [5.74, 6) is 1.35. The highest BCUT2D eigenvalue weighted by Crippen LogP contribution is 2.29. The van der Waals surface area contributed by atoms with Crippen molar-refractivity contribution >= 4 is 11.8 Å². The first-order chi connectivity index (χ1) is 10.1. The van der Waals surface area contributed by atoms with Gasteiger partial charge in [-0.2, -0.15) is 0 Å². The van der Waals surface area contributed by atoms with Crippen molar-refractivity contribution in [3.63, 3.8) is 0 Å². The standard InChI is InChI=1S/C17H30N2O2/c1-12-7-6-10-15(13(12)2)19-16(20)11-18-17(21)14-8-4-3-5-9-14/h12-15H,3-11H2,1-2H3,(H,18,21)(H,19,20). The number of hydrogen-bond donors (Lipinski definition) is 2. The fraction of sp³-hybridized carbons (Fsp3) is 0.882. The predicted molar refractivity (Wildman–Crippen MR) is 83.7 cm³/mol. The molecule has 0 spiro atoms. The lowest BCUT2D eigenvalue weighted by Crippen LogP contribution is -2.48. The SMILES string of the molecule is CC1CCCC(NC(=O)CNC(=O)C2CCCCC2)C1C. The fourth-order valence-corrected chi connectivity index (χ4v) is 3.72. The van der Waals surface area contributed by atoms with E-state index in [1.807, 2.05) is 0 Å². The summed E-state index contributed by atoms with van der Waals surface area (Å²) < 4.78 is 0. The number of rotatable bonds is 4. The number of carbonyl (C=O) groups is 2. The second-order valence-electron chi connectivity index (χ2n) is 6.99. The first-order valence-corrected chi connectivity index (χ1v) is 8.65. The van der Waals surface area contributed by atoms with Crippen LogP contribution in [0.25, 0.3) is 0 Å². The van der Waals surface area contributed by atoms with Gasteiger partial charge in [0.15, 0.2) is 0 Å². The van der Waals surface area contributed by atoms with Crippen LogP contribution in [0.4, 0.5) is 0 Å². The van der Waals surface area contributed by atoms with Gasteiger partial charge in [0.1, 0.15) is 0 Å². The Labute approximate surface area is 128 Å². The highest BCUT2D eigenvalue weighted by molar-refractivity contribution is 5.85. The average Bonchev–Trinajstić information content (AvgIpc) is 2.50. The topological polar surface area (TPSA) is 58.2 Å². The first-order valence-electron chi connectivity index (χ1n) is 8.65. The van der Waals surface area contributed by atoms with Crippen LogP contribution in [-0.2, 0) is 9.59 Å². The molecule has 2 N–H and O–H groups in total. The Bertz CT molecular complexity index is 364. The minimum Gasteiger partial charge on any atom is -0.352 e. The van der Waals surface area contributed by atoms with Gasteiger partial charge in [-0.15, -0.1) is 0 Å². The van der Waals surface area contributed by atoms with Gasteiger partial charge >= 0.3 is 0 Å². The van der Waals surface area contributed by atoms with E-state index in [1.54, 1.807) is 0 Å². The van der Waals surface area contributed by atoms with E-state index in [-0.39, 0.29) is 30.3 Å². The molecule has 0 saturated heterocycles. The number of carbonyl (C=O) groups excluding carboxylic acids is 2. The lowest BCUT2D eigenvalue weighted by atomic mass is 9.78. The van der Waals surface area contributed by atoms with Gasteiger partial charge in [-0.3, -0.25) is 9.59 Å². The van der Waals surface area contributed by atoms with Crippen LogP contribution in [0.2, 0.25) is 0 Å². The zero-order valence-electron chi connectivity index (χ0n) is 13.5. The van der Waals surface area contributed by atoms with Crippen molar-refractivity contribution in [3.05, 3.63) is 0 Å². The Morgan fingerprint density at radius 1 is 0.952 bits per heavy atom. The molecule has 0 heterocycles. The third kappa shape index (κ3) is 4.72. The second kappa shape index (κ2) is 7.81. The molecule has 21 heavy (non-hydrogen) atoms. The summed E-state index contributed by atoms with van der Waals surface area (Å²) in [5, 5.41) is 5.92. The lowest BCUT2D eigenvalue weighted by molar-refractivity contribution is -0.129. The van der Waals surface area contributed by atoms with Gasteiger partial charge in [0.05, 0.1) is 6.54 Å². The number of amides is 2. The smallest absolute Gasteiger partial charge is 0.239 e. The van der Waals surface area contributed by atoms with Crippen LogP contribution in [0, 0.1) is 17.8 Å². The van der Waals surface area contributed by atoms with Gasteiger partial charge in [0, 0.05) is 12.0 Å². The molecule has 120 valence electrons. The summed E-state index contributed by atoms with van der Waals surface area (Å²) in [6, 6.07) is 0.271. The quantitative estimate of drug-likeness (QED) is 0.837. The van der Waals surface area contributed by atoms with Gasteiger partial charge in [-0.05, 0) is 31.1 Å². The van der Waals surface area contributed by atoms with Crippen LogP contribution >= 0.6 is 0 Å². The van der Waals surface area contributed by atoms with E-state index in [2.05, 4.69) is 24.5 Å². The van der Waals surface area contributed by atoms with Crippen LogP contribution in [0.3, 0.4) is 0 Å². The minimum absolute atomic E-state index is 0.0369. The largest absolute Gasteiger partial charge is 0.352 e. The molecule has 0 bridgehead atoms. The predicted octanol–water partition coefficient (Wildman–Crippen LogP) is 2.62. The Kier molecular flexibility index (Phi) is 6.07. The van der Waals surface area contributed by atoms with Crippen LogP contribution < -0.4 is 10.6 Å². The molecule has 3 atom stereocenters. The third-order valence-corrected chi connectivity index (χ3v) is 5.45. The van der Waals surface area contributed by atoms with Crippen LogP contribution in [-0.4, -0.2) is 24.4 Å². The molecule has 0 radical (unpaired) electrons. The van der Waals surface area contributed by atoms with Gasteiger partial charge < -0.3 is 10.6 Å². The molecule has 2 amide bonds. The highest BCUT2D eigenvalue weighted by Gasteiger charge is 2.28. The van der Waals surface area contributed by atoms with E-state index in [1.165, 1.54) is 19.3 Å². The zero-order valence-corrected chi connectivity index (χ0v) is 13.5. The molecule has 2 aliphatic rings. The molecule has 0 aromatic heterocycles. The summed E-state index contributed by atoms with van der Waals surface area (Å²) in [6.07, 6.45) is 8.98. The van der Waals surface area contributed by atoms with E-state index >= 15 is 0 Å². The molecule has 2 rings (SSSR count). The molecule has 4 heteroatoms. The maximum Gasteiger partial charge on any atom is 0.239 e. The van der Waals surface area contributed by atoms with Crippen molar-refractivity contribution in [2.45, 2.75) is 71.3 Å². The minimum atomic E-state index is -0.0369. The van der Waals surface area contributed by atoms with E-state index in [4.69, 9.17) is 0 Å². The maximum absolute atomic E-state index is 12.0. The summed E-state index contributed by atoms with van der Waals surface area (Å²) in [6.45, 7) is 4.61. The molecule has 0 aromatic carbocycles. The number of hydrogen-bond acceptors (Lipinski definition) is 2. The third-order valence-electron chi connectivity index (χ3n) is 5.45. The van der Waals surface area contributed by atoms with Crippen LogP contribution in [0.5, 0.6) is 0 Å². The summed E-state index contributed by atoms with van der Waals surface area (Å²) in [5.41, 5.74) is 0. The van der Waals surface area contributed by atoms with Crippen molar-refractivity contribution in [2.75, 3.05) is 6.54 Å². The van der Waals surface area contributed by atoms with E-state index in [9.17, 15) is 9.59 Å². The van der Waals surface area contributed by atoms with Crippen molar-refractivity contribution in [2.24, 2.45) is 17.8 Å². The normalized spacial score (nSPS) is 30.7. The molecule has 2 fully saturated rings. The van der Waals surface area contributed by atoms with Gasteiger partial charge in [0.25, 0.3) is 0 Å². The van der Waals surface area contributed by atoms with E-state index in [0.717, 1.165) is 32.1 Å². The van der Waals surface area contributed by atoms with Gasteiger partial charge in [0.2, 0.25) is 11.8 Å². The Morgan fingerprint density at radius 2 is 1.67 bits per heavy atom. The summed E-state index contributed by atoms with van der Waals surface area (Å²) in [4.78, 5) is 24.0. The first kappa shape index (κ1) is 16.3. The fourth-order valence-electron chi connectivity index (χ4n) is 3.72. The molecular weight excluding hydrogens is 264 g/mol. The molecule has 0 aliphatic heterocycles.